The molecule has 0 aliphatic rings. The van der Waals surface area contributed by atoms with E-state index in [1.807, 2.05) is 0 Å². The highest BCUT2D eigenvalue weighted by molar-refractivity contribution is 7.80. The summed E-state index contributed by atoms with van der Waals surface area (Å²) in [7, 11) is 0. The van der Waals surface area contributed by atoms with Gasteiger partial charge in [-0.25, -0.2) is 14.4 Å². The molecule has 3 N–H and O–H groups in total. The summed E-state index contributed by atoms with van der Waals surface area (Å²) < 4.78 is 12.9. The van der Waals surface area contributed by atoms with Gasteiger partial charge in [0.1, 0.15) is 22.3 Å². The van der Waals surface area contributed by atoms with Crippen LogP contribution in [0.25, 0.3) is 0 Å². The molecule has 7 heteroatoms. The fraction of sp³-hybridized carbons (Fsp3) is 0. The van der Waals surface area contributed by atoms with Crippen molar-refractivity contribution < 1.29 is 4.39 Å². The van der Waals surface area contributed by atoms with E-state index in [-0.39, 0.29) is 4.99 Å². The highest BCUT2D eigenvalue weighted by Crippen LogP contribution is 2.12. The molecule has 17 heavy (non-hydrogen) atoms. The lowest BCUT2D eigenvalue weighted by atomic mass is 10.4. The van der Waals surface area contributed by atoms with Crippen molar-refractivity contribution in [2.24, 2.45) is 5.73 Å². The second-order valence-corrected chi connectivity index (χ2v) is 3.61. The molecule has 2 rings (SSSR count). The number of rotatable bonds is 3. The first-order chi connectivity index (χ1) is 8.15. The van der Waals surface area contributed by atoms with E-state index in [0.29, 0.717) is 17.2 Å². The lowest BCUT2D eigenvalue weighted by molar-refractivity contribution is 0.622. The first kappa shape index (κ1) is 11.3. The molecular formula is C10H8FN5S. The third-order valence-electron chi connectivity index (χ3n) is 1.88. The molecule has 86 valence electrons. The van der Waals surface area contributed by atoms with Gasteiger partial charge in [0, 0.05) is 6.07 Å². The average molecular weight is 249 g/mol. The SMILES string of the molecule is NC(=S)c1cnc(Nc2cncc(F)c2)cn1. The van der Waals surface area contributed by atoms with Crippen LogP contribution in [0.3, 0.4) is 0 Å². The van der Waals surface area contributed by atoms with Crippen molar-refractivity contribution in [3.8, 4) is 0 Å². The minimum Gasteiger partial charge on any atom is -0.388 e. The molecule has 0 radical (unpaired) electrons. The number of nitrogens with two attached hydrogens (primary N) is 1. The summed E-state index contributed by atoms with van der Waals surface area (Å²) >= 11 is 4.75. The Morgan fingerprint density at radius 2 is 2.06 bits per heavy atom. The van der Waals surface area contributed by atoms with Gasteiger partial charge in [0.2, 0.25) is 0 Å². The van der Waals surface area contributed by atoms with E-state index in [0.717, 1.165) is 6.20 Å². The van der Waals surface area contributed by atoms with Crippen LogP contribution in [-0.4, -0.2) is 19.9 Å². The van der Waals surface area contributed by atoms with Gasteiger partial charge in [-0.15, -0.1) is 0 Å². The number of pyridine rings is 1. The predicted molar refractivity (Wildman–Crippen MR) is 65.4 cm³/mol. The molecule has 0 saturated carbocycles. The Kier molecular flexibility index (Phi) is 3.20. The Morgan fingerprint density at radius 3 is 2.65 bits per heavy atom. The molecule has 0 saturated heterocycles. The number of thiocarbonyl (C=S) groups is 1. The van der Waals surface area contributed by atoms with Crippen LogP contribution in [-0.2, 0) is 0 Å². The number of nitrogens with one attached hydrogen (secondary N) is 1. The lowest BCUT2D eigenvalue weighted by Crippen LogP contribution is -2.12. The van der Waals surface area contributed by atoms with Gasteiger partial charge in [0.15, 0.2) is 0 Å². The largest absolute Gasteiger partial charge is 0.388 e. The first-order valence-electron chi connectivity index (χ1n) is 4.64. The molecule has 2 aromatic heterocycles. The van der Waals surface area contributed by atoms with E-state index >= 15 is 0 Å². The molecule has 0 aliphatic heterocycles. The van der Waals surface area contributed by atoms with Crippen LogP contribution in [0.4, 0.5) is 15.9 Å². The summed E-state index contributed by atoms with van der Waals surface area (Å²) in [5, 5.41) is 2.85. The van der Waals surface area contributed by atoms with Gasteiger partial charge >= 0.3 is 0 Å². The number of anilines is 2. The van der Waals surface area contributed by atoms with E-state index in [4.69, 9.17) is 18.0 Å². The fourth-order valence-corrected chi connectivity index (χ4v) is 1.25. The standard InChI is InChI=1S/C10H8FN5S/c11-6-1-7(3-13-2-6)16-9-5-14-8(4-15-9)10(12)17/h1-5H,(H2,12,17)(H,15,16). The topological polar surface area (TPSA) is 76.7 Å². The molecule has 2 aromatic rings. The van der Waals surface area contributed by atoms with Gasteiger partial charge in [0.05, 0.1) is 30.5 Å². The highest BCUT2D eigenvalue weighted by Gasteiger charge is 2.01. The zero-order valence-electron chi connectivity index (χ0n) is 8.59. The number of halogens is 1. The number of hydrogen-bond donors (Lipinski definition) is 2. The second kappa shape index (κ2) is 4.79. The van der Waals surface area contributed by atoms with Crippen molar-refractivity contribution in [1.82, 2.24) is 15.0 Å². The van der Waals surface area contributed by atoms with Crippen LogP contribution in [0, 0.1) is 5.82 Å². The summed E-state index contributed by atoms with van der Waals surface area (Å²) in [6, 6.07) is 1.30. The minimum absolute atomic E-state index is 0.177. The van der Waals surface area contributed by atoms with Crippen LogP contribution >= 0.6 is 12.2 Å². The third kappa shape index (κ3) is 2.91. The summed E-state index contributed by atoms with van der Waals surface area (Å²) in [4.78, 5) is 11.9. The average Bonchev–Trinajstić information content (AvgIpc) is 2.29. The Balaban J connectivity index is 2.16. The summed E-state index contributed by atoms with van der Waals surface area (Å²) in [5.74, 6) is 0.0279. The lowest BCUT2D eigenvalue weighted by Gasteiger charge is -2.04. The molecule has 0 atom stereocenters. The van der Waals surface area contributed by atoms with Gasteiger partial charge in [-0.05, 0) is 0 Å². The molecular weight excluding hydrogens is 241 g/mol. The second-order valence-electron chi connectivity index (χ2n) is 3.17. The molecule has 2 heterocycles. The normalized spacial score (nSPS) is 9.94. The van der Waals surface area contributed by atoms with E-state index in [1.165, 1.54) is 24.7 Å². The Bertz CT molecular complexity index is 543. The van der Waals surface area contributed by atoms with Gasteiger partial charge < -0.3 is 11.1 Å². The molecule has 0 aliphatic carbocycles. The third-order valence-corrected chi connectivity index (χ3v) is 2.09. The number of hydrogen-bond acceptors (Lipinski definition) is 5. The fourth-order valence-electron chi connectivity index (χ4n) is 1.15. The molecule has 0 unspecified atom stereocenters. The van der Waals surface area contributed by atoms with Crippen molar-refractivity contribution in [2.45, 2.75) is 0 Å². The van der Waals surface area contributed by atoms with E-state index in [9.17, 15) is 4.39 Å². The quantitative estimate of drug-likeness (QED) is 0.800. The highest BCUT2D eigenvalue weighted by atomic mass is 32.1. The van der Waals surface area contributed by atoms with E-state index < -0.39 is 5.82 Å². The predicted octanol–water partition coefficient (Wildman–Crippen LogP) is 1.39. The van der Waals surface area contributed by atoms with E-state index in [1.54, 1.807) is 0 Å². The maximum Gasteiger partial charge on any atom is 0.148 e. The minimum atomic E-state index is -0.428. The van der Waals surface area contributed by atoms with Crippen molar-refractivity contribution in [3.63, 3.8) is 0 Å². The molecule has 0 amide bonds. The van der Waals surface area contributed by atoms with Crippen LogP contribution in [0.5, 0.6) is 0 Å². The maximum absolute atomic E-state index is 12.9. The zero-order chi connectivity index (χ0) is 12.3. The molecule has 0 aromatic carbocycles. The van der Waals surface area contributed by atoms with E-state index in [2.05, 4.69) is 20.3 Å². The van der Waals surface area contributed by atoms with Gasteiger partial charge in [-0.1, -0.05) is 12.2 Å². The number of aromatic nitrogens is 3. The van der Waals surface area contributed by atoms with Crippen LogP contribution in [0.1, 0.15) is 5.69 Å². The van der Waals surface area contributed by atoms with Gasteiger partial charge in [-0.2, -0.15) is 0 Å². The van der Waals surface area contributed by atoms with Crippen molar-refractivity contribution in [1.29, 1.82) is 0 Å². The van der Waals surface area contributed by atoms with Crippen molar-refractivity contribution in [3.05, 3.63) is 42.4 Å². The smallest absolute Gasteiger partial charge is 0.148 e. The molecule has 0 spiro atoms. The Hall–Kier alpha value is -2.15. The summed E-state index contributed by atoms with van der Waals surface area (Å²) in [6.07, 6.45) is 5.50. The Morgan fingerprint density at radius 1 is 1.24 bits per heavy atom. The molecule has 0 fully saturated rings. The monoisotopic (exact) mass is 249 g/mol. The molecule has 0 bridgehead atoms. The maximum atomic E-state index is 12.9. The van der Waals surface area contributed by atoms with Gasteiger partial charge in [0.25, 0.3) is 0 Å². The van der Waals surface area contributed by atoms with Crippen LogP contribution in [0.2, 0.25) is 0 Å². The van der Waals surface area contributed by atoms with Crippen LogP contribution in [0.15, 0.2) is 30.9 Å². The zero-order valence-corrected chi connectivity index (χ0v) is 9.41. The van der Waals surface area contributed by atoms with Crippen LogP contribution < -0.4 is 11.1 Å². The first-order valence-corrected chi connectivity index (χ1v) is 5.05. The summed E-state index contributed by atoms with van der Waals surface area (Å²) in [6.45, 7) is 0. The summed E-state index contributed by atoms with van der Waals surface area (Å²) in [5.41, 5.74) is 6.31. The van der Waals surface area contributed by atoms with Crippen molar-refractivity contribution in [2.75, 3.05) is 5.32 Å². The Labute approximate surface area is 102 Å². The van der Waals surface area contributed by atoms with Crippen molar-refractivity contribution >= 4 is 28.7 Å². The number of nitrogens with zero attached hydrogens (tertiary/aromatic N) is 3. The molecule has 5 nitrogen and oxygen atoms in total. The van der Waals surface area contributed by atoms with Gasteiger partial charge in [-0.3, -0.25) is 4.98 Å².